The van der Waals surface area contributed by atoms with Gasteiger partial charge in [-0.05, 0) is 35.6 Å². The number of esters is 1. The van der Waals surface area contributed by atoms with Crippen molar-refractivity contribution in [1.29, 1.82) is 0 Å². The Morgan fingerprint density at radius 3 is 2.41 bits per heavy atom. The number of carbonyl (C=O) groups excluding carboxylic acids is 2. The summed E-state index contributed by atoms with van der Waals surface area (Å²) in [6, 6.07) is 17.2. The van der Waals surface area contributed by atoms with E-state index >= 15 is 0 Å². The molecule has 150 valence electrons. The fraction of sp³-hybridized carbons (Fsp3) is 0.348. The quantitative estimate of drug-likeness (QED) is 0.705. The number of hydrogen-bond acceptors (Lipinski definition) is 5. The van der Waals surface area contributed by atoms with Gasteiger partial charge in [0.25, 0.3) is 5.91 Å². The van der Waals surface area contributed by atoms with Gasteiger partial charge in [-0.1, -0.05) is 49.4 Å². The summed E-state index contributed by atoms with van der Waals surface area (Å²) in [6.45, 7) is 1.71. The number of nitrogens with zero attached hydrogens (tertiary/aromatic N) is 2. The van der Waals surface area contributed by atoms with Crippen LogP contribution in [0.1, 0.15) is 36.9 Å². The van der Waals surface area contributed by atoms with E-state index in [4.69, 9.17) is 9.47 Å². The predicted molar refractivity (Wildman–Crippen MR) is 108 cm³/mol. The van der Waals surface area contributed by atoms with Crippen LogP contribution in [-0.2, 0) is 14.3 Å². The molecule has 6 heteroatoms. The highest BCUT2D eigenvalue weighted by atomic mass is 16.5. The van der Waals surface area contributed by atoms with Crippen molar-refractivity contribution in [1.82, 2.24) is 5.01 Å². The zero-order valence-electron chi connectivity index (χ0n) is 16.6. The molecule has 0 saturated heterocycles. The number of rotatable bonds is 6. The van der Waals surface area contributed by atoms with Crippen molar-refractivity contribution in [3.8, 4) is 5.75 Å². The molecule has 3 atom stereocenters. The second-order valence-corrected chi connectivity index (χ2v) is 7.57. The molecule has 6 nitrogen and oxygen atoms in total. The van der Waals surface area contributed by atoms with E-state index in [0.29, 0.717) is 12.3 Å². The molecule has 0 radical (unpaired) electrons. The normalized spacial score (nSPS) is 22.8. The molecule has 1 fully saturated rings. The summed E-state index contributed by atoms with van der Waals surface area (Å²) in [5, 5.41) is 6.04. The van der Waals surface area contributed by atoms with Crippen LogP contribution in [0.3, 0.4) is 0 Å². The Kier molecular flexibility index (Phi) is 5.34. The fourth-order valence-electron chi connectivity index (χ4n) is 3.59. The molecule has 1 saturated carbocycles. The molecule has 2 aromatic rings. The minimum atomic E-state index is -0.321. The molecule has 2 aliphatic rings. The van der Waals surface area contributed by atoms with Crippen molar-refractivity contribution < 1.29 is 19.1 Å². The summed E-state index contributed by atoms with van der Waals surface area (Å²) in [7, 11) is 1.62. The number of carbonyl (C=O) groups is 2. The third kappa shape index (κ3) is 4.16. The average molecular weight is 392 g/mol. The SMILES string of the molecule is COc1ccc([C@@H]2CC(c3ccccc3)=NN2C(=O)COC(=O)[C@@H]2C[C@@H]2C)cc1. The van der Waals surface area contributed by atoms with Crippen molar-refractivity contribution in [2.75, 3.05) is 13.7 Å². The maximum Gasteiger partial charge on any atom is 0.309 e. The summed E-state index contributed by atoms with van der Waals surface area (Å²) in [4.78, 5) is 24.9. The predicted octanol–water partition coefficient (Wildman–Crippen LogP) is 3.57. The maximum atomic E-state index is 12.9. The topological polar surface area (TPSA) is 68.2 Å². The maximum absolute atomic E-state index is 12.9. The Labute approximate surface area is 170 Å². The van der Waals surface area contributed by atoms with Gasteiger partial charge in [-0.15, -0.1) is 0 Å². The van der Waals surface area contributed by atoms with E-state index in [1.165, 1.54) is 5.01 Å². The van der Waals surface area contributed by atoms with E-state index in [1.54, 1.807) is 7.11 Å². The number of hydrogen-bond donors (Lipinski definition) is 0. The summed E-state index contributed by atoms with van der Waals surface area (Å²) >= 11 is 0. The smallest absolute Gasteiger partial charge is 0.309 e. The Morgan fingerprint density at radius 1 is 1.10 bits per heavy atom. The molecule has 1 aliphatic carbocycles. The molecular weight excluding hydrogens is 368 g/mol. The Hall–Kier alpha value is -3.15. The van der Waals surface area contributed by atoms with Crippen LogP contribution in [-0.4, -0.2) is 36.3 Å². The van der Waals surface area contributed by atoms with E-state index in [1.807, 2.05) is 61.5 Å². The molecule has 0 aromatic heterocycles. The lowest BCUT2D eigenvalue weighted by molar-refractivity contribution is -0.154. The monoisotopic (exact) mass is 392 g/mol. The first-order chi connectivity index (χ1) is 14.1. The van der Waals surface area contributed by atoms with Crippen molar-refractivity contribution >= 4 is 17.6 Å². The summed E-state index contributed by atoms with van der Waals surface area (Å²) in [5.74, 6) is 0.416. The lowest BCUT2D eigenvalue weighted by Gasteiger charge is -2.22. The molecule has 29 heavy (non-hydrogen) atoms. The first kappa shape index (κ1) is 19.2. The summed E-state index contributed by atoms with van der Waals surface area (Å²) < 4.78 is 10.5. The van der Waals surface area contributed by atoms with Crippen LogP contribution < -0.4 is 4.74 Å². The van der Waals surface area contributed by atoms with Gasteiger partial charge in [-0.3, -0.25) is 9.59 Å². The van der Waals surface area contributed by atoms with Gasteiger partial charge in [-0.25, -0.2) is 5.01 Å². The summed E-state index contributed by atoms with van der Waals surface area (Å²) in [5.41, 5.74) is 2.77. The second kappa shape index (κ2) is 8.07. The third-order valence-electron chi connectivity index (χ3n) is 5.52. The van der Waals surface area contributed by atoms with Crippen LogP contribution in [0.25, 0.3) is 0 Å². The van der Waals surface area contributed by atoms with Gasteiger partial charge in [0.1, 0.15) is 5.75 Å². The van der Waals surface area contributed by atoms with Crippen LogP contribution in [0, 0.1) is 11.8 Å². The van der Waals surface area contributed by atoms with E-state index in [9.17, 15) is 9.59 Å². The Bertz CT molecular complexity index is 924. The van der Waals surface area contributed by atoms with Crippen molar-refractivity contribution in [2.45, 2.75) is 25.8 Å². The van der Waals surface area contributed by atoms with Gasteiger partial charge >= 0.3 is 5.97 Å². The van der Waals surface area contributed by atoms with Crippen molar-refractivity contribution in [3.63, 3.8) is 0 Å². The van der Waals surface area contributed by atoms with E-state index in [0.717, 1.165) is 29.0 Å². The third-order valence-corrected chi connectivity index (χ3v) is 5.52. The van der Waals surface area contributed by atoms with Gasteiger partial charge in [0.2, 0.25) is 0 Å². The van der Waals surface area contributed by atoms with Gasteiger partial charge in [0, 0.05) is 6.42 Å². The molecule has 0 spiro atoms. The zero-order chi connectivity index (χ0) is 20.4. The van der Waals surface area contributed by atoms with Gasteiger partial charge < -0.3 is 9.47 Å². The van der Waals surface area contributed by atoms with E-state index in [-0.39, 0.29) is 30.4 Å². The highest BCUT2D eigenvalue weighted by Crippen LogP contribution is 2.39. The first-order valence-electron chi connectivity index (χ1n) is 9.82. The highest BCUT2D eigenvalue weighted by Gasteiger charge is 2.41. The largest absolute Gasteiger partial charge is 0.497 e. The molecule has 1 aliphatic heterocycles. The highest BCUT2D eigenvalue weighted by molar-refractivity contribution is 6.03. The number of ether oxygens (including phenoxy) is 2. The van der Waals surface area contributed by atoms with Crippen molar-refractivity contribution in [3.05, 3.63) is 65.7 Å². The van der Waals surface area contributed by atoms with Crippen LogP contribution in [0.5, 0.6) is 5.75 Å². The zero-order valence-corrected chi connectivity index (χ0v) is 16.6. The lowest BCUT2D eigenvalue weighted by atomic mass is 9.98. The van der Waals surface area contributed by atoms with Crippen LogP contribution in [0.2, 0.25) is 0 Å². The Balaban J connectivity index is 1.53. The first-order valence-corrected chi connectivity index (χ1v) is 9.82. The average Bonchev–Trinajstić information content (AvgIpc) is 3.33. The minimum Gasteiger partial charge on any atom is -0.497 e. The van der Waals surface area contributed by atoms with E-state index < -0.39 is 0 Å². The number of benzene rings is 2. The van der Waals surface area contributed by atoms with E-state index in [2.05, 4.69) is 5.10 Å². The Morgan fingerprint density at radius 2 is 1.79 bits per heavy atom. The van der Waals surface area contributed by atoms with Crippen LogP contribution in [0.4, 0.5) is 0 Å². The second-order valence-electron chi connectivity index (χ2n) is 7.57. The molecule has 2 aromatic carbocycles. The molecule has 1 heterocycles. The number of methoxy groups -OCH3 is 1. The lowest BCUT2D eigenvalue weighted by Crippen LogP contribution is -2.31. The van der Waals surface area contributed by atoms with Crippen LogP contribution in [0.15, 0.2) is 59.7 Å². The number of amides is 1. The number of hydrazone groups is 1. The van der Waals surface area contributed by atoms with Gasteiger partial charge in [0.15, 0.2) is 6.61 Å². The van der Waals surface area contributed by atoms with Crippen molar-refractivity contribution in [2.24, 2.45) is 16.9 Å². The van der Waals surface area contributed by atoms with Crippen LogP contribution >= 0.6 is 0 Å². The summed E-state index contributed by atoms with van der Waals surface area (Å²) in [6.07, 6.45) is 1.43. The van der Waals surface area contributed by atoms with Gasteiger partial charge in [0.05, 0.1) is 24.8 Å². The molecule has 4 rings (SSSR count). The van der Waals surface area contributed by atoms with Gasteiger partial charge in [-0.2, -0.15) is 5.10 Å². The molecule has 0 bridgehead atoms. The fourth-order valence-corrected chi connectivity index (χ4v) is 3.59. The molecular formula is C23H24N2O4. The molecule has 0 unspecified atom stereocenters. The molecule has 1 amide bonds. The standard InChI is InChI=1S/C23H24N2O4/c1-15-12-19(15)23(27)29-14-22(26)25-21(17-8-10-18(28-2)11-9-17)13-20(24-25)16-6-4-3-5-7-16/h3-11,15,19,21H,12-14H2,1-2H3/t15-,19+,21-/m0/s1. The molecule has 0 N–H and O–H groups in total. The minimum absolute atomic E-state index is 0.0675.